The first-order chi connectivity index (χ1) is 5.74. The van der Waals surface area contributed by atoms with Crippen molar-refractivity contribution in [2.45, 2.75) is 6.42 Å². The molecule has 62 valence electrons. The summed E-state index contributed by atoms with van der Waals surface area (Å²) in [5, 5.41) is -0.417. The number of hydrogen-bond acceptors (Lipinski definition) is 1. The van der Waals surface area contributed by atoms with Crippen molar-refractivity contribution in [3.8, 4) is 0 Å². The summed E-state index contributed by atoms with van der Waals surface area (Å²) in [7, 11) is 0. The van der Waals surface area contributed by atoms with Crippen molar-refractivity contribution in [1.82, 2.24) is 0 Å². The van der Waals surface area contributed by atoms with Crippen LogP contribution in [0, 0.1) is 0 Å². The minimum atomic E-state index is -0.417. The maximum Gasteiger partial charge on any atom is 0.252 e. The first-order valence-electron chi connectivity index (χ1n) is 3.63. The maximum atomic E-state index is 10.7. The Labute approximate surface area is 76.7 Å². The molecule has 0 bridgehead atoms. The fraction of sp³-hybridized carbons (Fsp3) is 0.100. The van der Waals surface area contributed by atoms with Gasteiger partial charge in [-0.15, -0.1) is 6.58 Å². The third-order valence-corrected chi connectivity index (χ3v) is 1.78. The molecule has 0 fully saturated rings. The smallest absolute Gasteiger partial charge is 0.252 e. The molecule has 0 saturated carbocycles. The van der Waals surface area contributed by atoms with Crippen molar-refractivity contribution in [2.75, 3.05) is 0 Å². The average molecular weight is 181 g/mol. The average Bonchev–Trinajstić information content (AvgIpc) is 2.06. The number of carbonyl (C=O) groups excluding carboxylic acids is 1. The van der Waals surface area contributed by atoms with Gasteiger partial charge in [0, 0.05) is 5.56 Å². The van der Waals surface area contributed by atoms with Gasteiger partial charge in [0.25, 0.3) is 5.24 Å². The minimum Gasteiger partial charge on any atom is -0.276 e. The van der Waals surface area contributed by atoms with Gasteiger partial charge in [0.2, 0.25) is 0 Å². The van der Waals surface area contributed by atoms with Crippen LogP contribution in [0.15, 0.2) is 36.9 Å². The Morgan fingerprint density at radius 3 is 2.42 bits per heavy atom. The molecule has 1 aromatic carbocycles. The Hall–Kier alpha value is -1.08. The molecule has 0 N–H and O–H groups in total. The van der Waals surface area contributed by atoms with Crippen LogP contribution in [0.25, 0.3) is 0 Å². The molecule has 0 atom stereocenters. The van der Waals surface area contributed by atoms with E-state index < -0.39 is 5.24 Å². The third kappa shape index (κ3) is 2.21. The highest BCUT2D eigenvalue weighted by molar-refractivity contribution is 6.67. The number of allylic oxidation sites excluding steroid dienone is 1. The van der Waals surface area contributed by atoms with E-state index in [1.54, 1.807) is 12.1 Å². The van der Waals surface area contributed by atoms with E-state index in [9.17, 15) is 4.79 Å². The van der Waals surface area contributed by atoms with E-state index in [1.165, 1.54) is 0 Å². The standard InChI is InChI=1S/C10H9ClO/c1-2-3-8-4-6-9(7-5-8)10(11)12/h2,4-7H,1,3H2. The van der Waals surface area contributed by atoms with Crippen molar-refractivity contribution in [3.05, 3.63) is 48.0 Å². The molecule has 0 aromatic heterocycles. The predicted octanol–water partition coefficient (Wildman–Crippen LogP) is 2.79. The zero-order valence-electron chi connectivity index (χ0n) is 6.59. The highest BCUT2D eigenvalue weighted by atomic mass is 35.5. The molecular formula is C10H9ClO. The van der Waals surface area contributed by atoms with Gasteiger partial charge in [-0.2, -0.15) is 0 Å². The van der Waals surface area contributed by atoms with Crippen LogP contribution in [0.4, 0.5) is 0 Å². The van der Waals surface area contributed by atoms with Crippen LogP contribution in [-0.2, 0) is 6.42 Å². The molecule has 0 amide bonds. The summed E-state index contributed by atoms with van der Waals surface area (Å²) in [6, 6.07) is 7.18. The van der Waals surface area contributed by atoms with Crippen molar-refractivity contribution in [2.24, 2.45) is 0 Å². The van der Waals surface area contributed by atoms with Crippen molar-refractivity contribution >= 4 is 16.8 Å². The zero-order valence-corrected chi connectivity index (χ0v) is 7.34. The summed E-state index contributed by atoms with van der Waals surface area (Å²) in [6.45, 7) is 3.62. The molecule has 0 spiro atoms. The van der Waals surface area contributed by atoms with Crippen molar-refractivity contribution < 1.29 is 4.79 Å². The molecule has 0 radical (unpaired) electrons. The summed E-state index contributed by atoms with van der Waals surface area (Å²) < 4.78 is 0. The first-order valence-corrected chi connectivity index (χ1v) is 4.01. The largest absolute Gasteiger partial charge is 0.276 e. The Morgan fingerprint density at radius 2 is 2.00 bits per heavy atom. The predicted molar refractivity (Wildman–Crippen MR) is 50.5 cm³/mol. The molecule has 1 aromatic rings. The molecule has 12 heavy (non-hydrogen) atoms. The molecular weight excluding hydrogens is 172 g/mol. The van der Waals surface area contributed by atoms with E-state index in [-0.39, 0.29) is 0 Å². The van der Waals surface area contributed by atoms with Crippen LogP contribution in [-0.4, -0.2) is 5.24 Å². The highest BCUT2D eigenvalue weighted by Crippen LogP contribution is 2.07. The SMILES string of the molecule is C=CCc1ccc(C(=O)Cl)cc1. The van der Waals surface area contributed by atoms with Gasteiger partial charge in [0.15, 0.2) is 0 Å². The molecule has 1 nitrogen and oxygen atoms in total. The van der Waals surface area contributed by atoms with Gasteiger partial charge in [-0.1, -0.05) is 18.2 Å². The highest BCUT2D eigenvalue weighted by Gasteiger charge is 1.99. The number of benzene rings is 1. The van der Waals surface area contributed by atoms with Gasteiger partial charge in [-0.3, -0.25) is 4.79 Å². The number of halogens is 1. The normalized spacial score (nSPS) is 9.42. The molecule has 0 unspecified atom stereocenters. The lowest BCUT2D eigenvalue weighted by molar-refractivity contribution is 0.108. The van der Waals surface area contributed by atoms with Gasteiger partial charge in [-0.05, 0) is 35.7 Å². The summed E-state index contributed by atoms with van der Waals surface area (Å²) in [5.41, 5.74) is 1.66. The Bertz CT molecular complexity index is 287. The first kappa shape index (κ1) is 9.01. The lowest BCUT2D eigenvalue weighted by Gasteiger charge is -1.96. The van der Waals surface area contributed by atoms with Crippen LogP contribution in [0.1, 0.15) is 15.9 Å². The molecule has 0 heterocycles. The summed E-state index contributed by atoms with van der Waals surface area (Å²) in [4.78, 5) is 10.7. The Kier molecular flexibility index (Phi) is 3.06. The second-order valence-electron chi connectivity index (χ2n) is 2.46. The minimum absolute atomic E-state index is 0.417. The maximum absolute atomic E-state index is 10.7. The van der Waals surface area contributed by atoms with Crippen molar-refractivity contribution in [1.29, 1.82) is 0 Å². The molecule has 0 aliphatic carbocycles. The number of rotatable bonds is 3. The van der Waals surface area contributed by atoms with E-state index in [1.807, 2.05) is 18.2 Å². The Balaban J connectivity index is 2.85. The molecule has 0 aliphatic heterocycles. The van der Waals surface area contributed by atoms with Gasteiger partial charge in [-0.25, -0.2) is 0 Å². The fourth-order valence-corrected chi connectivity index (χ4v) is 1.06. The Morgan fingerprint density at radius 1 is 1.42 bits per heavy atom. The lowest BCUT2D eigenvalue weighted by atomic mass is 10.1. The van der Waals surface area contributed by atoms with Crippen LogP contribution < -0.4 is 0 Å². The van der Waals surface area contributed by atoms with Crippen LogP contribution in [0.3, 0.4) is 0 Å². The second kappa shape index (κ2) is 4.07. The van der Waals surface area contributed by atoms with Gasteiger partial charge >= 0.3 is 0 Å². The zero-order chi connectivity index (χ0) is 8.97. The lowest BCUT2D eigenvalue weighted by Crippen LogP contribution is -1.88. The summed E-state index contributed by atoms with van der Waals surface area (Å²) >= 11 is 5.27. The van der Waals surface area contributed by atoms with Gasteiger partial charge in [0.1, 0.15) is 0 Å². The van der Waals surface area contributed by atoms with Crippen LogP contribution in [0.2, 0.25) is 0 Å². The van der Waals surface area contributed by atoms with Crippen LogP contribution >= 0.6 is 11.6 Å². The van der Waals surface area contributed by atoms with Crippen molar-refractivity contribution in [3.63, 3.8) is 0 Å². The van der Waals surface area contributed by atoms with E-state index in [0.29, 0.717) is 5.56 Å². The molecule has 0 saturated heterocycles. The molecule has 2 heteroatoms. The van der Waals surface area contributed by atoms with Gasteiger partial charge in [0.05, 0.1) is 0 Å². The van der Waals surface area contributed by atoms with E-state index in [2.05, 4.69) is 6.58 Å². The number of hydrogen-bond donors (Lipinski definition) is 0. The van der Waals surface area contributed by atoms with Gasteiger partial charge < -0.3 is 0 Å². The second-order valence-corrected chi connectivity index (χ2v) is 2.81. The van der Waals surface area contributed by atoms with E-state index >= 15 is 0 Å². The quantitative estimate of drug-likeness (QED) is 0.517. The van der Waals surface area contributed by atoms with Crippen LogP contribution in [0.5, 0.6) is 0 Å². The summed E-state index contributed by atoms with van der Waals surface area (Å²) in [6.07, 6.45) is 2.63. The van der Waals surface area contributed by atoms with E-state index in [0.717, 1.165) is 12.0 Å². The molecule has 0 aliphatic rings. The topological polar surface area (TPSA) is 17.1 Å². The third-order valence-electron chi connectivity index (χ3n) is 1.56. The number of carbonyl (C=O) groups is 1. The monoisotopic (exact) mass is 180 g/mol. The fourth-order valence-electron chi connectivity index (χ4n) is 0.939. The molecule has 1 rings (SSSR count). The van der Waals surface area contributed by atoms with E-state index in [4.69, 9.17) is 11.6 Å². The summed E-state index contributed by atoms with van der Waals surface area (Å²) in [5.74, 6) is 0.